The van der Waals surface area contributed by atoms with Gasteiger partial charge in [0.05, 0.1) is 0 Å². The lowest BCUT2D eigenvalue weighted by Gasteiger charge is -2.16. The predicted molar refractivity (Wildman–Crippen MR) is 89.5 cm³/mol. The second kappa shape index (κ2) is 8.08. The predicted octanol–water partition coefficient (Wildman–Crippen LogP) is 3.10. The van der Waals surface area contributed by atoms with Crippen molar-refractivity contribution in [3.8, 4) is 0 Å². The molecule has 1 unspecified atom stereocenters. The summed E-state index contributed by atoms with van der Waals surface area (Å²) in [7, 11) is 0. The van der Waals surface area contributed by atoms with Crippen LogP contribution in [0.25, 0.3) is 0 Å². The van der Waals surface area contributed by atoms with Gasteiger partial charge in [-0.05, 0) is 36.3 Å². The molecule has 0 radical (unpaired) electrons. The number of carbonyl (C=O) groups is 2. The van der Waals surface area contributed by atoms with Crippen LogP contribution in [0.3, 0.4) is 0 Å². The van der Waals surface area contributed by atoms with E-state index in [9.17, 15) is 9.59 Å². The Morgan fingerprint density at radius 2 is 1.90 bits per heavy atom. The van der Waals surface area contributed by atoms with Gasteiger partial charge in [-0.1, -0.05) is 26.0 Å². The van der Waals surface area contributed by atoms with Crippen molar-refractivity contribution in [3.63, 3.8) is 0 Å². The van der Waals surface area contributed by atoms with E-state index in [0.29, 0.717) is 5.25 Å². The highest BCUT2D eigenvalue weighted by Gasteiger charge is 2.15. The first-order valence-electron chi connectivity index (χ1n) is 7.09. The standard InChI is InChI=1S/C16H24N2O2S/c1-10(2)21-9-14-7-6-8-15(11(14)3)18-16(20)12(4)17-13(5)19/h6-8,10,12H,9H2,1-5H3,(H,17,19)(H,18,20). The van der Waals surface area contributed by atoms with Crippen LogP contribution < -0.4 is 10.6 Å². The molecule has 5 heteroatoms. The fraction of sp³-hybridized carbons (Fsp3) is 0.500. The van der Waals surface area contributed by atoms with Crippen molar-refractivity contribution in [3.05, 3.63) is 29.3 Å². The topological polar surface area (TPSA) is 58.2 Å². The van der Waals surface area contributed by atoms with Crippen molar-refractivity contribution in [1.29, 1.82) is 0 Å². The van der Waals surface area contributed by atoms with Gasteiger partial charge in [0.15, 0.2) is 0 Å². The molecule has 0 aliphatic rings. The maximum atomic E-state index is 12.0. The quantitative estimate of drug-likeness (QED) is 0.849. The molecule has 0 fully saturated rings. The number of carbonyl (C=O) groups excluding carboxylic acids is 2. The summed E-state index contributed by atoms with van der Waals surface area (Å²) in [6, 6.07) is 5.37. The number of benzene rings is 1. The van der Waals surface area contributed by atoms with Crippen LogP contribution in [-0.4, -0.2) is 23.1 Å². The number of anilines is 1. The monoisotopic (exact) mass is 308 g/mol. The number of hydrogen-bond donors (Lipinski definition) is 2. The number of amides is 2. The zero-order chi connectivity index (χ0) is 16.0. The van der Waals surface area contributed by atoms with Crippen molar-refractivity contribution in [1.82, 2.24) is 5.32 Å². The molecule has 1 aromatic rings. The number of nitrogens with one attached hydrogen (secondary N) is 2. The molecular formula is C16H24N2O2S. The minimum absolute atomic E-state index is 0.207. The Balaban J connectivity index is 2.77. The van der Waals surface area contributed by atoms with Gasteiger partial charge < -0.3 is 10.6 Å². The van der Waals surface area contributed by atoms with E-state index in [1.807, 2.05) is 30.8 Å². The molecule has 0 aromatic heterocycles. The van der Waals surface area contributed by atoms with Crippen LogP contribution in [0.4, 0.5) is 5.69 Å². The second-order valence-electron chi connectivity index (χ2n) is 5.36. The Hall–Kier alpha value is -1.49. The third-order valence-corrected chi connectivity index (χ3v) is 4.23. The summed E-state index contributed by atoms with van der Waals surface area (Å²) in [4.78, 5) is 23.0. The van der Waals surface area contributed by atoms with Gasteiger partial charge in [0.25, 0.3) is 0 Å². The molecule has 4 nitrogen and oxygen atoms in total. The maximum Gasteiger partial charge on any atom is 0.246 e. The van der Waals surface area contributed by atoms with Crippen molar-refractivity contribution in [2.45, 2.75) is 51.7 Å². The highest BCUT2D eigenvalue weighted by Crippen LogP contribution is 2.24. The summed E-state index contributed by atoms with van der Waals surface area (Å²) in [6.45, 7) is 9.42. The highest BCUT2D eigenvalue weighted by atomic mass is 32.2. The first-order chi connectivity index (χ1) is 9.81. The average molecular weight is 308 g/mol. The van der Waals surface area contributed by atoms with E-state index >= 15 is 0 Å². The summed E-state index contributed by atoms with van der Waals surface area (Å²) in [5, 5.41) is 6.03. The molecule has 0 saturated heterocycles. The highest BCUT2D eigenvalue weighted by molar-refractivity contribution is 7.99. The molecule has 0 bridgehead atoms. The van der Waals surface area contributed by atoms with E-state index < -0.39 is 6.04 Å². The summed E-state index contributed by atoms with van der Waals surface area (Å²) in [6.07, 6.45) is 0. The molecule has 0 aliphatic heterocycles. The summed E-state index contributed by atoms with van der Waals surface area (Å²) in [5.41, 5.74) is 3.10. The van der Waals surface area contributed by atoms with Crippen LogP contribution in [0.2, 0.25) is 0 Å². The van der Waals surface area contributed by atoms with Crippen LogP contribution in [0, 0.1) is 6.92 Å². The van der Waals surface area contributed by atoms with Crippen LogP contribution in [0.15, 0.2) is 18.2 Å². The second-order valence-corrected chi connectivity index (χ2v) is 6.93. The fourth-order valence-corrected chi connectivity index (χ4v) is 2.67. The van der Waals surface area contributed by atoms with Crippen LogP contribution in [-0.2, 0) is 15.3 Å². The molecule has 2 amide bonds. The van der Waals surface area contributed by atoms with Crippen molar-refractivity contribution < 1.29 is 9.59 Å². The van der Waals surface area contributed by atoms with Crippen LogP contribution >= 0.6 is 11.8 Å². The Morgan fingerprint density at radius 1 is 1.24 bits per heavy atom. The van der Waals surface area contributed by atoms with Gasteiger partial charge in [0.1, 0.15) is 6.04 Å². The van der Waals surface area contributed by atoms with E-state index in [2.05, 4.69) is 30.5 Å². The molecule has 1 rings (SSSR count). The van der Waals surface area contributed by atoms with Gasteiger partial charge in [-0.15, -0.1) is 0 Å². The number of thioether (sulfide) groups is 1. The number of hydrogen-bond acceptors (Lipinski definition) is 3. The molecule has 0 saturated carbocycles. The molecule has 1 atom stereocenters. The number of rotatable bonds is 6. The molecular weight excluding hydrogens is 284 g/mol. The first kappa shape index (κ1) is 17.6. The van der Waals surface area contributed by atoms with Crippen molar-refractivity contribution in [2.75, 3.05) is 5.32 Å². The lowest BCUT2D eigenvalue weighted by molar-refractivity contribution is -0.124. The molecule has 1 aromatic carbocycles. The Labute approximate surface area is 131 Å². The Kier molecular flexibility index (Phi) is 6.75. The van der Waals surface area contributed by atoms with E-state index in [4.69, 9.17) is 0 Å². The van der Waals surface area contributed by atoms with E-state index in [1.54, 1.807) is 6.92 Å². The summed E-state index contributed by atoms with van der Waals surface area (Å²) < 4.78 is 0. The molecule has 21 heavy (non-hydrogen) atoms. The van der Waals surface area contributed by atoms with Gasteiger partial charge in [-0.2, -0.15) is 11.8 Å². The smallest absolute Gasteiger partial charge is 0.246 e. The normalized spacial score (nSPS) is 12.1. The van der Waals surface area contributed by atoms with Gasteiger partial charge in [-0.3, -0.25) is 9.59 Å². The van der Waals surface area contributed by atoms with Gasteiger partial charge >= 0.3 is 0 Å². The van der Waals surface area contributed by atoms with Crippen LogP contribution in [0.5, 0.6) is 0 Å². The van der Waals surface area contributed by atoms with Gasteiger partial charge in [0.2, 0.25) is 11.8 Å². The van der Waals surface area contributed by atoms with E-state index in [1.165, 1.54) is 12.5 Å². The van der Waals surface area contributed by atoms with Crippen LogP contribution in [0.1, 0.15) is 38.8 Å². The fourth-order valence-electron chi connectivity index (χ4n) is 1.84. The zero-order valence-corrected chi connectivity index (χ0v) is 14.1. The lowest BCUT2D eigenvalue weighted by atomic mass is 10.1. The third kappa shape index (κ3) is 5.79. The third-order valence-electron chi connectivity index (χ3n) is 3.09. The van der Waals surface area contributed by atoms with Gasteiger partial charge in [0, 0.05) is 18.4 Å². The molecule has 0 heterocycles. The minimum Gasteiger partial charge on any atom is -0.345 e. The van der Waals surface area contributed by atoms with E-state index in [-0.39, 0.29) is 11.8 Å². The SMILES string of the molecule is CC(=O)NC(C)C(=O)Nc1cccc(CSC(C)C)c1C. The minimum atomic E-state index is -0.546. The Morgan fingerprint density at radius 3 is 2.48 bits per heavy atom. The van der Waals surface area contributed by atoms with Gasteiger partial charge in [-0.25, -0.2) is 0 Å². The summed E-state index contributed by atoms with van der Waals surface area (Å²) >= 11 is 1.87. The molecule has 2 N–H and O–H groups in total. The Bertz CT molecular complexity index is 515. The van der Waals surface area contributed by atoms with Crippen molar-refractivity contribution >= 4 is 29.3 Å². The molecule has 116 valence electrons. The largest absolute Gasteiger partial charge is 0.345 e. The first-order valence-corrected chi connectivity index (χ1v) is 8.14. The molecule has 0 aliphatic carbocycles. The molecule has 0 spiro atoms. The van der Waals surface area contributed by atoms with E-state index in [0.717, 1.165) is 17.0 Å². The maximum absolute atomic E-state index is 12.0. The lowest BCUT2D eigenvalue weighted by Crippen LogP contribution is -2.40. The zero-order valence-electron chi connectivity index (χ0n) is 13.3. The summed E-state index contributed by atoms with van der Waals surface area (Å²) in [5.74, 6) is 0.507. The van der Waals surface area contributed by atoms with Crippen molar-refractivity contribution in [2.24, 2.45) is 0 Å². The average Bonchev–Trinajstić information content (AvgIpc) is 2.38.